The van der Waals surface area contributed by atoms with Gasteiger partial charge in [0, 0.05) is 0 Å². The number of rotatable bonds is 0. The third kappa shape index (κ3) is 10.1. The number of H-pyrrole nitrogens is 1. The third-order valence-electron chi connectivity index (χ3n) is 1.77. The molecule has 1 N–H and O–H groups in total. The maximum atomic E-state index is 4.66. The van der Waals surface area contributed by atoms with Crippen LogP contribution in [0.4, 0.5) is 0 Å². The molecule has 19 heavy (non-hydrogen) atoms. The van der Waals surface area contributed by atoms with Gasteiger partial charge in [0.15, 0.2) is 0 Å². The van der Waals surface area contributed by atoms with Crippen LogP contribution in [0.25, 0.3) is 0 Å². The van der Waals surface area contributed by atoms with Gasteiger partial charge in [-0.1, -0.05) is 72.0 Å². The zero-order chi connectivity index (χ0) is 13.4. The summed E-state index contributed by atoms with van der Waals surface area (Å²) in [6, 6.07) is 24.4. The minimum Gasteiger partial charge on any atom is -0.276 e. The molecule has 4 nitrogen and oxygen atoms in total. The Morgan fingerprint density at radius 2 is 1.05 bits per heavy atom. The van der Waals surface area contributed by atoms with E-state index >= 15 is 0 Å². The lowest BCUT2D eigenvalue weighted by Crippen LogP contribution is -1.65. The standard InChI is InChI=1S/C15H16N2O2/c1-2-4-6-8-10-12-14-16-17-19-18-15-13-11-9-7-5-3-1/h1-15,17H. The number of aromatic nitrogens is 2. The van der Waals surface area contributed by atoms with Crippen molar-refractivity contribution >= 4 is 0 Å². The van der Waals surface area contributed by atoms with Crippen LogP contribution in [-0.2, 0) is 0 Å². The highest BCUT2D eigenvalue weighted by Crippen LogP contribution is 1.79. The van der Waals surface area contributed by atoms with Crippen molar-refractivity contribution in [3.8, 4) is 0 Å². The zero-order valence-electron chi connectivity index (χ0n) is 10.4. The molecule has 0 fully saturated rings. The van der Waals surface area contributed by atoms with Gasteiger partial charge in [-0.05, 0) is 12.1 Å². The molecule has 1 rings (SSSR count). The first kappa shape index (κ1) is 14.3. The summed E-state index contributed by atoms with van der Waals surface area (Å²) in [7, 11) is 0. The van der Waals surface area contributed by atoms with Crippen LogP contribution in [0.5, 0.6) is 0 Å². The molecule has 0 amide bonds. The monoisotopic (exact) mass is 256 g/mol. The van der Waals surface area contributed by atoms with Gasteiger partial charge in [-0.25, -0.2) is 0 Å². The van der Waals surface area contributed by atoms with E-state index in [1.807, 2.05) is 66.7 Å². The molecule has 4 heteroatoms. The fourth-order valence-corrected chi connectivity index (χ4v) is 0.977. The Labute approximate surface area is 111 Å². The lowest BCUT2D eigenvalue weighted by Gasteiger charge is -1.70. The first-order valence-electron chi connectivity index (χ1n) is 5.75. The predicted octanol–water partition coefficient (Wildman–Crippen LogP) is 4.09. The van der Waals surface area contributed by atoms with Crippen molar-refractivity contribution in [1.29, 1.82) is 0 Å². The molecule has 0 spiro atoms. The third-order valence-corrected chi connectivity index (χ3v) is 1.77. The van der Waals surface area contributed by atoms with Gasteiger partial charge in [-0.15, -0.1) is 5.10 Å². The van der Waals surface area contributed by atoms with E-state index in [4.69, 9.17) is 0 Å². The molecular formula is C15H16N2O2. The van der Waals surface area contributed by atoms with Crippen molar-refractivity contribution in [2.24, 2.45) is 0 Å². The molecule has 0 unspecified atom stereocenters. The highest BCUT2D eigenvalue weighted by Gasteiger charge is 1.59. The van der Waals surface area contributed by atoms with Gasteiger partial charge in [-0.3, -0.25) is 4.58 Å². The van der Waals surface area contributed by atoms with E-state index in [-0.39, 0.29) is 0 Å². The molecule has 1 heterocycles. The van der Waals surface area contributed by atoms with Crippen molar-refractivity contribution < 1.29 is 9.26 Å². The quantitative estimate of drug-likeness (QED) is 0.711. The highest BCUT2D eigenvalue weighted by molar-refractivity contribution is 4.97. The molecular weight excluding hydrogens is 240 g/mol. The second-order valence-corrected chi connectivity index (χ2v) is 3.19. The summed E-state index contributed by atoms with van der Waals surface area (Å²) in [5, 5.41) is 5.97. The average molecular weight is 256 g/mol. The lowest BCUT2D eigenvalue weighted by atomic mass is 10.4. The minimum atomic E-state index is 1.39. The van der Waals surface area contributed by atoms with Gasteiger partial charge in [0.05, 0.1) is 6.20 Å². The zero-order valence-corrected chi connectivity index (χ0v) is 10.4. The summed E-state index contributed by atoms with van der Waals surface area (Å²) in [4.78, 5) is 0. The Hall–Kier alpha value is -2.75. The SMILES string of the molecule is c1cccccccn[nH]ooccccccc1. The van der Waals surface area contributed by atoms with Crippen molar-refractivity contribution in [1.82, 2.24) is 10.4 Å². The molecule has 0 aliphatic heterocycles. The van der Waals surface area contributed by atoms with Crippen molar-refractivity contribution in [3.05, 3.63) is 91.3 Å². The van der Waals surface area contributed by atoms with Crippen LogP contribution < -0.4 is 0 Å². The van der Waals surface area contributed by atoms with Crippen molar-refractivity contribution in [2.75, 3.05) is 0 Å². The Morgan fingerprint density at radius 1 is 0.579 bits per heavy atom. The second-order valence-electron chi connectivity index (χ2n) is 3.19. The van der Waals surface area contributed by atoms with Crippen LogP contribution in [0, 0.1) is 0 Å². The molecule has 0 bridgehead atoms. The van der Waals surface area contributed by atoms with E-state index in [9.17, 15) is 0 Å². The van der Waals surface area contributed by atoms with Gasteiger partial charge in [0.1, 0.15) is 6.26 Å². The van der Waals surface area contributed by atoms with Crippen LogP contribution in [0.1, 0.15) is 0 Å². The van der Waals surface area contributed by atoms with E-state index in [1.165, 1.54) is 6.26 Å². The summed E-state index contributed by atoms with van der Waals surface area (Å²) in [6.07, 6.45) is 2.93. The van der Waals surface area contributed by atoms with Crippen LogP contribution in [-0.4, -0.2) is 10.4 Å². The highest BCUT2D eigenvalue weighted by atomic mass is 17.0. The van der Waals surface area contributed by atoms with Crippen LogP contribution in [0.2, 0.25) is 0 Å². The Morgan fingerprint density at radius 3 is 1.63 bits per heavy atom. The molecule has 1 aromatic heterocycles. The second kappa shape index (κ2) is 11.7. The molecule has 0 atom stereocenters. The topological polar surface area (TPSA) is 55.0 Å². The van der Waals surface area contributed by atoms with E-state index in [2.05, 4.69) is 19.6 Å². The van der Waals surface area contributed by atoms with E-state index in [0.717, 1.165) is 0 Å². The van der Waals surface area contributed by atoms with Gasteiger partial charge in [0.2, 0.25) is 0 Å². The number of nitrogens with zero attached hydrogens (tertiary/aromatic N) is 1. The molecule has 0 radical (unpaired) electrons. The number of hydrogen-bond donors (Lipinski definition) is 1. The van der Waals surface area contributed by atoms with Crippen LogP contribution in [0.15, 0.2) is 101 Å². The van der Waals surface area contributed by atoms with Crippen molar-refractivity contribution in [2.45, 2.75) is 0 Å². The summed E-state index contributed by atoms with van der Waals surface area (Å²) < 4.78 is 9.19. The van der Waals surface area contributed by atoms with Gasteiger partial charge in [-0.2, -0.15) is 4.68 Å². The largest absolute Gasteiger partial charge is 0.276 e. The molecule has 0 aliphatic rings. The van der Waals surface area contributed by atoms with Crippen LogP contribution in [0.3, 0.4) is 0 Å². The Bertz CT molecular complexity index is 329. The smallest absolute Gasteiger partial charge is 0.145 e. The molecule has 0 saturated heterocycles. The molecule has 98 valence electrons. The average Bonchev–Trinajstić information content (AvgIpc) is 2.43. The normalized spacial score (nSPS) is 8.00. The maximum absolute atomic E-state index is 4.66. The molecule has 0 aliphatic carbocycles. The lowest BCUT2D eigenvalue weighted by molar-refractivity contribution is -0.0206. The summed E-state index contributed by atoms with van der Waals surface area (Å²) in [5.41, 5.74) is 0. The fourth-order valence-electron chi connectivity index (χ4n) is 0.977. The summed E-state index contributed by atoms with van der Waals surface area (Å²) in [5.74, 6) is 0. The summed E-state index contributed by atoms with van der Waals surface area (Å²) >= 11 is 0. The van der Waals surface area contributed by atoms with E-state index in [0.29, 0.717) is 0 Å². The first-order chi connectivity index (χ1) is 9.50. The minimum absolute atomic E-state index is 1.39. The van der Waals surface area contributed by atoms with Gasteiger partial charge >= 0.3 is 0 Å². The molecule has 0 aromatic carbocycles. The Kier molecular flexibility index (Phi) is 8.83. The molecule has 0 saturated carbocycles. The van der Waals surface area contributed by atoms with Gasteiger partial charge in [0.25, 0.3) is 0 Å². The Balaban J connectivity index is 3.01. The maximum Gasteiger partial charge on any atom is 0.145 e. The predicted molar refractivity (Wildman–Crippen MR) is 73.6 cm³/mol. The number of nitrogens with one attached hydrogen (secondary N) is 1. The number of hydrogen-bond acceptors (Lipinski definition) is 3. The first-order valence-corrected chi connectivity index (χ1v) is 5.75. The summed E-state index contributed by atoms with van der Waals surface area (Å²) in [6.45, 7) is 0. The van der Waals surface area contributed by atoms with Crippen LogP contribution >= 0.6 is 0 Å². The fraction of sp³-hybridized carbons (Fsp3) is 0. The van der Waals surface area contributed by atoms with E-state index < -0.39 is 0 Å². The molecule has 1 aromatic rings. The van der Waals surface area contributed by atoms with E-state index in [1.54, 1.807) is 18.3 Å². The van der Waals surface area contributed by atoms with Gasteiger partial charge < -0.3 is 0 Å². The number of aromatic amines is 1. The van der Waals surface area contributed by atoms with Crippen molar-refractivity contribution in [3.63, 3.8) is 0 Å².